The number of benzene rings is 2. The minimum Gasteiger partial charge on any atom is -0.302 e. The number of nitrogens with zero attached hydrogens (tertiary/aromatic N) is 4. The van der Waals surface area contributed by atoms with Gasteiger partial charge in [0.2, 0.25) is 11.8 Å². The Balaban J connectivity index is 0.000000150. The van der Waals surface area contributed by atoms with Crippen LogP contribution in [0.1, 0.15) is 32.3 Å². The normalized spacial score (nSPS) is 12.9. The van der Waals surface area contributed by atoms with Crippen molar-refractivity contribution in [3.63, 3.8) is 0 Å². The molecule has 6 aromatic rings. The largest absolute Gasteiger partial charge is 0.302 e. The number of carbonyl (C=O) groups is 2. The standard InChI is InChI=1S/C15H14N4OS.C14H13ClN4OS/c1-8-2-4-9(5-3-8)11-12-13(19-18-11)16-15(21-12)17-14(20)10-6-7-10;1-7(2)13(20)17-14-16-12-11(21-14)10(18-19-12)8-5-3-4-6-9(8)15/h2-5,10H,6-7H2,1H3,(H2,16,17,18,19,20);3-7H,1-2H3,(H2,16,17,18,19,20). The van der Waals surface area contributed by atoms with Crippen molar-refractivity contribution in [2.45, 2.75) is 33.6 Å². The summed E-state index contributed by atoms with van der Waals surface area (Å²) in [7, 11) is 0. The number of H-pyrrole nitrogens is 2. The number of thiazole rings is 2. The van der Waals surface area contributed by atoms with Crippen molar-refractivity contribution < 1.29 is 9.59 Å². The highest BCUT2D eigenvalue weighted by Gasteiger charge is 2.30. The van der Waals surface area contributed by atoms with Crippen molar-refractivity contribution in [2.75, 3.05) is 10.6 Å². The second-order valence-electron chi connectivity index (χ2n) is 10.3. The first-order chi connectivity index (χ1) is 20.3. The predicted octanol–water partition coefficient (Wildman–Crippen LogP) is 7.28. The van der Waals surface area contributed by atoms with Crippen LogP contribution in [0.15, 0.2) is 48.5 Å². The molecular weight excluding hydrogens is 592 g/mol. The summed E-state index contributed by atoms with van der Waals surface area (Å²) in [6.45, 7) is 5.73. The number of halogens is 1. The highest BCUT2D eigenvalue weighted by Crippen LogP contribution is 2.37. The van der Waals surface area contributed by atoms with E-state index in [2.05, 4.69) is 72.2 Å². The van der Waals surface area contributed by atoms with Gasteiger partial charge in [-0.25, -0.2) is 0 Å². The molecule has 4 aromatic heterocycles. The molecule has 2 aromatic carbocycles. The SMILES string of the molecule is CC(C)C(=O)Nc1nc2n[nH]c(-c3ccccc3Cl)c2s1.Cc1ccc(-c2[nH]nc3nc(NC(=O)C4CC4)sc23)cc1. The molecule has 13 heteroatoms. The minimum atomic E-state index is -0.0918. The summed E-state index contributed by atoms with van der Waals surface area (Å²) in [5, 5.41) is 21.9. The molecule has 0 bridgehead atoms. The first-order valence-electron chi connectivity index (χ1n) is 13.4. The van der Waals surface area contributed by atoms with Gasteiger partial charge in [0.25, 0.3) is 0 Å². The molecule has 2 amide bonds. The maximum Gasteiger partial charge on any atom is 0.229 e. The Labute approximate surface area is 253 Å². The lowest BCUT2D eigenvalue weighted by atomic mass is 10.1. The van der Waals surface area contributed by atoms with Gasteiger partial charge in [0.1, 0.15) is 9.40 Å². The van der Waals surface area contributed by atoms with Crippen LogP contribution in [0, 0.1) is 18.8 Å². The van der Waals surface area contributed by atoms with E-state index in [-0.39, 0.29) is 23.7 Å². The lowest BCUT2D eigenvalue weighted by Gasteiger charge is -2.03. The van der Waals surface area contributed by atoms with Crippen LogP contribution >= 0.6 is 34.3 Å². The van der Waals surface area contributed by atoms with Crippen LogP contribution in [-0.4, -0.2) is 42.2 Å². The fourth-order valence-electron chi connectivity index (χ4n) is 4.09. The van der Waals surface area contributed by atoms with Crippen LogP contribution in [0.2, 0.25) is 5.02 Å². The fourth-order valence-corrected chi connectivity index (χ4v) is 6.17. The van der Waals surface area contributed by atoms with Gasteiger partial charge in [-0.15, -0.1) is 0 Å². The van der Waals surface area contributed by atoms with Crippen molar-refractivity contribution in [3.05, 3.63) is 59.1 Å². The molecule has 0 unspecified atom stereocenters. The van der Waals surface area contributed by atoms with E-state index in [1.807, 2.05) is 38.1 Å². The van der Waals surface area contributed by atoms with Crippen LogP contribution in [-0.2, 0) is 9.59 Å². The lowest BCUT2D eigenvalue weighted by molar-refractivity contribution is -0.119. The Bertz CT molecular complexity index is 1900. The summed E-state index contributed by atoms with van der Waals surface area (Å²) in [6, 6.07) is 15.8. The second kappa shape index (κ2) is 11.6. The molecule has 214 valence electrons. The van der Waals surface area contributed by atoms with E-state index in [0.29, 0.717) is 26.6 Å². The first-order valence-corrected chi connectivity index (χ1v) is 15.4. The number of amides is 2. The van der Waals surface area contributed by atoms with E-state index in [1.165, 1.54) is 28.2 Å². The van der Waals surface area contributed by atoms with Crippen molar-refractivity contribution in [1.29, 1.82) is 0 Å². The number of hydrogen-bond donors (Lipinski definition) is 4. The zero-order valence-corrected chi connectivity index (χ0v) is 25.4. The molecule has 10 nitrogen and oxygen atoms in total. The van der Waals surface area contributed by atoms with Gasteiger partial charge in [0, 0.05) is 28.0 Å². The Morgan fingerprint density at radius 3 is 2.10 bits per heavy atom. The van der Waals surface area contributed by atoms with E-state index in [9.17, 15) is 9.59 Å². The summed E-state index contributed by atoms with van der Waals surface area (Å²) >= 11 is 9.07. The van der Waals surface area contributed by atoms with Gasteiger partial charge in [-0.1, -0.05) is 96.2 Å². The average molecular weight is 619 g/mol. The number of aryl methyl sites for hydroxylation is 1. The summed E-state index contributed by atoms with van der Waals surface area (Å²) in [4.78, 5) is 32.2. The molecule has 1 fully saturated rings. The summed E-state index contributed by atoms with van der Waals surface area (Å²) in [5.74, 6) is 0.104. The number of aromatic amines is 2. The van der Waals surface area contributed by atoms with Gasteiger partial charge in [0.05, 0.1) is 11.4 Å². The Morgan fingerprint density at radius 1 is 0.881 bits per heavy atom. The third-order valence-electron chi connectivity index (χ3n) is 6.64. The van der Waals surface area contributed by atoms with Gasteiger partial charge >= 0.3 is 0 Å². The highest BCUT2D eigenvalue weighted by atomic mass is 35.5. The van der Waals surface area contributed by atoms with E-state index in [1.54, 1.807) is 0 Å². The number of anilines is 2. The van der Waals surface area contributed by atoms with E-state index in [0.717, 1.165) is 44.8 Å². The molecule has 0 atom stereocenters. The maximum atomic E-state index is 11.8. The topological polar surface area (TPSA) is 141 Å². The molecule has 0 radical (unpaired) electrons. The zero-order valence-electron chi connectivity index (χ0n) is 23.0. The molecule has 0 saturated heterocycles. The number of rotatable bonds is 6. The molecule has 1 saturated carbocycles. The smallest absolute Gasteiger partial charge is 0.229 e. The van der Waals surface area contributed by atoms with Crippen molar-refractivity contribution in [2.24, 2.45) is 11.8 Å². The Kier molecular flexibility index (Phi) is 7.76. The fraction of sp³-hybridized carbons (Fsp3) is 0.241. The molecule has 4 heterocycles. The average Bonchev–Trinajstić information content (AvgIpc) is 3.24. The van der Waals surface area contributed by atoms with E-state index < -0.39 is 0 Å². The van der Waals surface area contributed by atoms with Crippen LogP contribution in [0.4, 0.5) is 10.3 Å². The van der Waals surface area contributed by atoms with Gasteiger partial charge in [0.15, 0.2) is 21.6 Å². The van der Waals surface area contributed by atoms with Gasteiger partial charge in [-0.05, 0) is 25.8 Å². The lowest BCUT2D eigenvalue weighted by Crippen LogP contribution is -2.17. The Morgan fingerprint density at radius 2 is 1.48 bits per heavy atom. The van der Waals surface area contributed by atoms with Crippen LogP contribution in [0.5, 0.6) is 0 Å². The van der Waals surface area contributed by atoms with Gasteiger partial charge in [-0.2, -0.15) is 20.2 Å². The number of hydrogen-bond acceptors (Lipinski definition) is 8. The molecule has 0 spiro atoms. The minimum absolute atomic E-state index is 0.0605. The van der Waals surface area contributed by atoms with E-state index >= 15 is 0 Å². The van der Waals surface area contributed by atoms with Crippen LogP contribution in [0.3, 0.4) is 0 Å². The first kappa shape index (κ1) is 28.0. The Hall–Kier alpha value is -4.13. The summed E-state index contributed by atoms with van der Waals surface area (Å²) < 4.78 is 1.85. The number of nitrogens with one attached hydrogen (secondary N) is 4. The highest BCUT2D eigenvalue weighted by molar-refractivity contribution is 7.23. The molecule has 1 aliphatic rings. The van der Waals surface area contributed by atoms with Gasteiger partial charge < -0.3 is 10.6 Å². The van der Waals surface area contributed by atoms with Crippen LogP contribution < -0.4 is 10.6 Å². The number of fused-ring (bicyclic) bond motifs is 2. The van der Waals surface area contributed by atoms with Crippen molar-refractivity contribution in [3.8, 4) is 22.5 Å². The molecule has 4 N–H and O–H groups in total. The third kappa shape index (κ3) is 5.91. The predicted molar refractivity (Wildman–Crippen MR) is 169 cm³/mol. The quantitative estimate of drug-likeness (QED) is 0.155. The molecule has 7 rings (SSSR count). The van der Waals surface area contributed by atoms with Crippen molar-refractivity contribution in [1.82, 2.24) is 30.4 Å². The summed E-state index contributed by atoms with van der Waals surface area (Å²) in [6.07, 6.45) is 1.98. The molecule has 1 aliphatic carbocycles. The second-order valence-corrected chi connectivity index (χ2v) is 12.7. The number of aromatic nitrogens is 6. The molecular formula is C29H27ClN8O2S2. The van der Waals surface area contributed by atoms with Crippen molar-refractivity contribution >= 4 is 77.0 Å². The number of carbonyl (C=O) groups excluding carboxylic acids is 2. The maximum absolute atomic E-state index is 11.8. The van der Waals surface area contributed by atoms with Crippen LogP contribution in [0.25, 0.3) is 43.2 Å². The molecule has 0 aliphatic heterocycles. The van der Waals surface area contributed by atoms with Gasteiger partial charge in [-0.3, -0.25) is 19.8 Å². The zero-order chi connectivity index (χ0) is 29.4. The summed E-state index contributed by atoms with van der Waals surface area (Å²) in [5.41, 5.74) is 6.17. The third-order valence-corrected chi connectivity index (χ3v) is 8.92. The monoisotopic (exact) mass is 618 g/mol. The van der Waals surface area contributed by atoms with E-state index in [4.69, 9.17) is 11.6 Å². The molecule has 42 heavy (non-hydrogen) atoms.